The molecule has 6 heteroatoms. The van der Waals surface area contributed by atoms with Crippen molar-refractivity contribution < 1.29 is 27.8 Å². The zero-order valence-corrected chi connectivity index (χ0v) is 7.41. The van der Waals surface area contributed by atoms with Crippen LogP contribution in [0.15, 0.2) is 24.3 Å². The zero-order valence-electron chi connectivity index (χ0n) is 7.41. The van der Waals surface area contributed by atoms with E-state index in [0.717, 1.165) is 24.3 Å². The fourth-order valence-corrected chi connectivity index (χ4v) is 0.865. The van der Waals surface area contributed by atoms with Crippen LogP contribution in [0.4, 0.5) is 13.2 Å². The van der Waals surface area contributed by atoms with Crippen molar-refractivity contribution in [3.8, 4) is 5.75 Å². The van der Waals surface area contributed by atoms with Crippen molar-refractivity contribution in [2.45, 2.75) is 6.11 Å². The van der Waals surface area contributed by atoms with Gasteiger partial charge in [0.1, 0.15) is 5.75 Å². The first-order chi connectivity index (χ1) is 6.94. The molecule has 0 aromatic heterocycles. The van der Waals surface area contributed by atoms with E-state index >= 15 is 0 Å². The van der Waals surface area contributed by atoms with Crippen LogP contribution in [0.3, 0.4) is 0 Å². The lowest BCUT2D eigenvalue weighted by atomic mass is 10.2. The molecule has 0 saturated heterocycles. The van der Waals surface area contributed by atoms with Crippen molar-refractivity contribution in [1.29, 1.82) is 0 Å². The number of carbonyl (C=O) groups is 1. The van der Waals surface area contributed by atoms with Gasteiger partial charge < -0.3 is 9.84 Å². The first-order valence-corrected chi connectivity index (χ1v) is 3.91. The Morgan fingerprint density at radius 2 is 1.87 bits per heavy atom. The summed E-state index contributed by atoms with van der Waals surface area (Å²) < 4.78 is 40.4. The highest BCUT2D eigenvalue weighted by atomic mass is 19.3. The Morgan fingerprint density at radius 1 is 1.33 bits per heavy atom. The molecule has 15 heavy (non-hydrogen) atoms. The molecule has 1 N–H and O–H groups in total. The monoisotopic (exact) mass is 220 g/mol. The number of carboxylic acids is 1. The summed E-state index contributed by atoms with van der Waals surface area (Å²) in [5, 5.41) is 8.51. The second-order valence-corrected chi connectivity index (χ2v) is 2.70. The topological polar surface area (TPSA) is 46.5 Å². The number of halogens is 3. The first kappa shape index (κ1) is 11.4. The highest BCUT2D eigenvalue weighted by Gasteiger charge is 2.31. The Morgan fingerprint density at radius 3 is 2.27 bits per heavy atom. The average molecular weight is 220 g/mol. The van der Waals surface area contributed by atoms with E-state index < -0.39 is 18.8 Å². The number of carboxylic acid groups (broad SMARTS) is 1. The summed E-state index contributed by atoms with van der Waals surface area (Å²) in [7, 11) is 0. The molecule has 0 aliphatic rings. The molecular weight excluding hydrogens is 213 g/mol. The maximum Gasteiger partial charge on any atom is 0.427 e. The quantitative estimate of drug-likeness (QED) is 0.846. The van der Waals surface area contributed by atoms with Gasteiger partial charge in [-0.15, -0.1) is 0 Å². The van der Waals surface area contributed by atoms with Crippen molar-refractivity contribution in [1.82, 2.24) is 0 Å². The molecule has 0 bridgehead atoms. The fraction of sp³-hybridized carbons (Fsp3) is 0.222. The van der Waals surface area contributed by atoms with Crippen molar-refractivity contribution in [3.63, 3.8) is 0 Å². The zero-order chi connectivity index (χ0) is 11.5. The molecule has 0 saturated carbocycles. The van der Waals surface area contributed by atoms with Gasteiger partial charge >= 0.3 is 12.1 Å². The van der Waals surface area contributed by atoms with Gasteiger partial charge in [0, 0.05) is 0 Å². The van der Waals surface area contributed by atoms with Crippen LogP contribution in [0.2, 0.25) is 0 Å². The van der Waals surface area contributed by atoms with Gasteiger partial charge in [-0.05, 0) is 24.3 Å². The summed E-state index contributed by atoms with van der Waals surface area (Å²) in [5.41, 5.74) is -0.0640. The van der Waals surface area contributed by atoms with Gasteiger partial charge in [-0.25, -0.2) is 9.18 Å². The lowest BCUT2D eigenvalue weighted by Crippen LogP contribution is -2.26. The van der Waals surface area contributed by atoms with Crippen molar-refractivity contribution >= 4 is 5.97 Å². The normalized spacial score (nSPS) is 11.1. The maximum atomic E-state index is 12.4. The summed E-state index contributed by atoms with van der Waals surface area (Å²) >= 11 is 0. The summed E-state index contributed by atoms with van der Waals surface area (Å²) in [5.74, 6) is -1.47. The molecule has 82 valence electrons. The third kappa shape index (κ3) is 3.16. The van der Waals surface area contributed by atoms with E-state index in [0.29, 0.717) is 0 Å². The third-order valence-electron chi connectivity index (χ3n) is 1.52. The predicted molar refractivity (Wildman–Crippen MR) is 45.0 cm³/mol. The van der Waals surface area contributed by atoms with Gasteiger partial charge in [-0.3, -0.25) is 0 Å². The van der Waals surface area contributed by atoms with Gasteiger partial charge in [0.2, 0.25) is 0 Å². The Labute approximate surface area is 83.1 Å². The van der Waals surface area contributed by atoms with Crippen molar-refractivity contribution in [3.05, 3.63) is 29.8 Å². The van der Waals surface area contributed by atoms with E-state index in [9.17, 15) is 18.0 Å². The number of hydrogen-bond donors (Lipinski definition) is 1. The molecule has 0 aliphatic carbocycles. The molecule has 0 spiro atoms. The Balaban J connectivity index is 2.77. The number of alkyl halides is 3. The van der Waals surface area contributed by atoms with Crippen LogP contribution in [-0.2, 0) is 0 Å². The molecule has 0 radical (unpaired) electrons. The van der Waals surface area contributed by atoms with Gasteiger partial charge in [0.25, 0.3) is 0 Å². The molecule has 0 unspecified atom stereocenters. The van der Waals surface area contributed by atoms with E-state index in [4.69, 9.17) is 5.11 Å². The minimum Gasteiger partial charge on any atom is -0.478 e. The molecule has 1 aromatic carbocycles. The minimum atomic E-state index is -3.88. The van der Waals surface area contributed by atoms with Crippen LogP contribution in [0.25, 0.3) is 0 Å². The number of ether oxygens (including phenoxy) is 1. The van der Waals surface area contributed by atoms with Crippen molar-refractivity contribution in [2.24, 2.45) is 0 Å². The Hall–Kier alpha value is -1.72. The highest BCUT2D eigenvalue weighted by molar-refractivity contribution is 5.87. The fourth-order valence-electron chi connectivity index (χ4n) is 0.865. The molecule has 1 aromatic rings. The highest BCUT2D eigenvalue weighted by Crippen LogP contribution is 2.22. The van der Waals surface area contributed by atoms with E-state index in [-0.39, 0.29) is 11.3 Å². The van der Waals surface area contributed by atoms with Crippen LogP contribution >= 0.6 is 0 Å². The second kappa shape index (κ2) is 4.20. The van der Waals surface area contributed by atoms with Gasteiger partial charge in [-0.2, -0.15) is 8.78 Å². The lowest BCUT2D eigenvalue weighted by molar-refractivity contribution is -0.186. The van der Waals surface area contributed by atoms with Crippen LogP contribution in [0, 0.1) is 0 Å². The summed E-state index contributed by atoms with van der Waals surface area (Å²) in [6.07, 6.45) is -3.88. The molecule has 0 fully saturated rings. The third-order valence-corrected chi connectivity index (χ3v) is 1.52. The van der Waals surface area contributed by atoms with Gasteiger partial charge in [0.15, 0.2) is 6.67 Å². The van der Waals surface area contributed by atoms with E-state index in [1.54, 1.807) is 0 Å². The number of aromatic carboxylic acids is 1. The number of hydrogen-bond acceptors (Lipinski definition) is 2. The van der Waals surface area contributed by atoms with Crippen LogP contribution in [-0.4, -0.2) is 23.9 Å². The molecule has 0 aliphatic heterocycles. The first-order valence-electron chi connectivity index (χ1n) is 3.91. The SMILES string of the molecule is O=C(O)c1ccc(OC(F)(F)CF)cc1. The van der Waals surface area contributed by atoms with Crippen LogP contribution in [0.5, 0.6) is 5.75 Å². The lowest BCUT2D eigenvalue weighted by Gasteiger charge is -2.14. The predicted octanol–water partition coefficient (Wildman–Crippen LogP) is 2.33. The molecule has 1 rings (SSSR count). The molecule has 0 heterocycles. The van der Waals surface area contributed by atoms with Crippen LogP contribution < -0.4 is 4.74 Å². The summed E-state index contributed by atoms with van der Waals surface area (Å²) in [6, 6.07) is 4.25. The number of benzene rings is 1. The summed E-state index contributed by atoms with van der Waals surface area (Å²) in [4.78, 5) is 10.4. The Bertz CT molecular complexity index is 348. The van der Waals surface area contributed by atoms with Crippen molar-refractivity contribution in [2.75, 3.05) is 6.67 Å². The van der Waals surface area contributed by atoms with E-state index in [1.807, 2.05) is 0 Å². The standard InChI is InChI=1S/C9H7F3O3/c10-5-9(11,12)15-7-3-1-6(2-4-7)8(13)14/h1-4H,5H2,(H,13,14). The maximum absolute atomic E-state index is 12.4. The smallest absolute Gasteiger partial charge is 0.427 e. The summed E-state index contributed by atoms with van der Waals surface area (Å²) in [6.45, 7) is -1.94. The van der Waals surface area contributed by atoms with E-state index in [2.05, 4.69) is 4.74 Å². The largest absolute Gasteiger partial charge is 0.478 e. The number of rotatable bonds is 4. The molecular formula is C9H7F3O3. The molecule has 0 amide bonds. The molecule has 0 atom stereocenters. The van der Waals surface area contributed by atoms with E-state index in [1.165, 1.54) is 0 Å². The average Bonchev–Trinajstić information content (AvgIpc) is 2.18. The van der Waals surface area contributed by atoms with Gasteiger partial charge in [-0.1, -0.05) is 0 Å². The molecule has 3 nitrogen and oxygen atoms in total. The van der Waals surface area contributed by atoms with Gasteiger partial charge in [0.05, 0.1) is 5.56 Å². The second-order valence-electron chi connectivity index (χ2n) is 2.70. The van der Waals surface area contributed by atoms with Crippen LogP contribution in [0.1, 0.15) is 10.4 Å². The Kier molecular flexibility index (Phi) is 3.18. The minimum absolute atomic E-state index is 0.0640.